The Hall–Kier alpha value is -1.24. The van der Waals surface area contributed by atoms with Crippen LogP contribution in [0.15, 0.2) is 4.79 Å². The molecule has 0 aromatic carbocycles. The van der Waals surface area contributed by atoms with Crippen molar-refractivity contribution in [3.63, 3.8) is 0 Å². The number of thiophene rings is 1. The lowest BCUT2D eigenvalue weighted by molar-refractivity contribution is -0.699. The molecule has 0 radical (unpaired) electrons. The lowest BCUT2D eigenvalue weighted by Crippen LogP contribution is -2.86. The number of nitrogens with zero attached hydrogens (tertiary/aromatic N) is 1. The average Bonchev–Trinajstić information content (AvgIpc) is 3.18. The maximum Gasteiger partial charge on any atom is 0.260 e. The third-order valence-corrected chi connectivity index (χ3v) is 6.54. The van der Waals surface area contributed by atoms with E-state index in [9.17, 15) is 4.79 Å². The van der Waals surface area contributed by atoms with Gasteiger partial charge in [0.15, 0.2) is 5.82 Å². The van der Waals surface area contributed by atoms with Gasteiger partial charge in [-0.2, -0.15) is 0 Å². The van der Waals surface area contributed by atoms with E-state index in [-0.39, 0.29) is 11.6 Å². The minimum absolute atomic E-state index is 0.0411. The molecule has 0 unspecified atom stereocenters. The molecule has 0 bridgehead atoms. The Balaban J connectivity index is 1.59. The van der Waals surface area contributed by atoms with Crippen molar-refractivity contribution in [1.29, 1.82) is 0 Å². The van der Waals surface area contributed by atoms with E-state index in [1.54, 1.807) is 11.3 Å². The van der Waals surface area contributed by atoms with E-state index in [0.29, 0.717) is 12.0 Å². The van der Waals surface area contributed by atoms with Gasteiger partial charge in [0.05, 0.1) is 5.39 Å². The van der Waals surface area contributed by atoms with Gasteiger partial charge in [-0.1, -0.05) is 6.92 Å². The van der Waals surface area contributed by atoms with E-state index in [1.807, 2.05) is 0 Å². The van der Waals surface area contributed by atoms with Gasteiger partial charge in [0.25, 0.3) is 5.56 Å². The Bertz CT molecular complexity index is 791. The summed E-state index contributed by atoms with van der Waals surface area (Å²) in [5, 5.41) is 3.08. The minimum atomic E-state index is 0.0411. The fraction of sp³-hybridized carbons (Fsp3) is 0.667. The van der Waals surface area contributed by atoms with Gasteiger partial charge in [-0.25, -0.2) is 4.98 Å². The van der Waals surface area contributed by atoms with Crippen molar-refractivity contribution in [2.24, 2.45) is 5.92 Å². The molecule has 0 amide bonds. The summed E-state index contributed by atoms with van der Waals surface area (Å²) < 4.78 is 5.68. The van der Waals surface area contributed by atoms with Crippen molar-refractivity contribution in [3.8, 4) is 0 Å². The molecule has 3 N–H and O–H groups in total. The van der Waals surface area contributed by atoms with Crippen molar-refractivity contribution in [2.45, 2.75) is 58.1 Å². The van der Waals surface area contributed by atoms with E-state index >= 15 is 0 Å². The number of aryl methyl sites for hydroxylation is 1. The monoisotopic (exact) mass is 348 g/mol. The first-order valence-electron chi connectivity index (χ1n) is 9.11. The highest BCUT2D eigenvalue weighted by Crippen LogP contribution is 2.35. The molecule has 2 aromatic heterocycles. The van der Waals surface area contributed by atoms with Crippen LogP contribution in [0.25, 0.3) is 10.2 Å². The summed E-state index contributed by atoms with van der Waals surface area (Å²) in [7, 11) is 0. The molecular weight excluding hydrogens is 322 g/mol. The summed E-state index contributed by atoms with van der Waals surface area (Å²) >= 11 is 1.72. The Labute approximate surface area is 145 Å². The summed E-state index contributed by atoms with van der Waals surface area (Å²) in [4.78, 5) is 22.8. The molecule has 2 aromatic rings. The number of ether oxygens (including phenoxy) is 1. The van der Waals surface area contributed by atoms with Gasteiger partial charge < -0.3 is 15.0 Å². The zero-order valence-electron chi connectivity index (χ0n) is 14.4. The van der Waals surface area contributed by atoms with Crippen LogP contribution in [0.4, 0.5) is 0 Å². The number of H-pyrrole nitrogens is 1. The maximum absolute atomic E-state index is 12.7. The Morgan fingerprint density at radius 1 is 1.46 bits per heavy atom. The number of quaternary nitrogens is 1. The fourth-order valence-electron chi connectivity index (χ4n) is 3.88. The number of rotatable bonds is 4. The van der Waals surface area contributed by atoms with Crippen LogP contribution in [0.1, 0.15) is 55.4 Å². The Morgan fingerprint density at radius 3 is 3.12 bits per heavy atom. The molecule has 1 saturated heterocycles. The molecule has 2 aliphatic rings. The average molecular weight is 348 g/mol. The van der Waals surface area contributed by atoms with Crippen molar-refractivity contribution in [3.05, 3.63) is 26.6 Å². The molecule has 0 spiro atoms. The normalized spacial score (nSPS) is 25.1. The molecule has 1 aliphatic carbocycles. The highest BCUT2D eigenvalue weighted by molar-refractivity contribution is 7.18. The summed E-state index contributed by atoms with van der Waals surface area (Å²) in [5.74, 6) is 1.50. The SMILES string of the molecule is C[C@@H]1CCc2c(sc3nc([C@H](C)[NH2+]C[C@@H]4CCCO4)[nH]c(=O)c23)C1. The van der Waals surface area contributed by atoms with Crippen LogP contribution in [0.2, 0.25) is 0 Å². The van der Waals surface area contributed by atoms with Gasteiger partial charge in [0.2, 0.25) is 0 Å². The van der Waals surface area contributed by atoms with E-state index in [2.05, 4.69) is 24.1 Å². The molecule has 24 heavy (non-hydrogen) atoms. The van der Waals surface area contributed by atoms with Crippen molar-refractivity contribution < 1.29 is 10.1 Å². The van der Waals surface area contributed by atoms with Gasteiger partial charge in [-0.15, -0.1) is 11.3 Å². The smallest absolute Gasteiger partial charge is 0.260 e. The van der Waals surface area contributed by atoms with Gasteiger partial charge in [0.1, 0.15) is 23.5 Å². The Kier molecular flexibility index (Phi) is 4.45. The summed E-state index contributed by atoms with van der Waals surface area (Å²) in [6.45, 7) is 6.21. The second-order valence-corrected chi connectivity index (χ2v) is 8.46. The van der Waals surface area contributed by atoms with Gasteiger partial charge in [-0.3, -0.25) is 4.79 Å². The maximum atomic E-state index is 12.7. The number of aromatic nitrogens is 2. The van der Waals surface area contributed by atoms with Gasteiger partial charge in [-0.05, 0) is 50.5 Å². The van der Waals surface area contributed by atoms with Gasteiger partial charge >= 0.3 is 0 Å². The first-order chi connectivity index (χ1) is 11.6. The standard InChI is InChI=1S/C18H25N3O2S/c1-10-5-6-13-14(8-10)24-18-15(13)17(22)20-16(21-18)11(2)19-9-12-4-3-7-23-12/h10-12,19H,3-9H2,1-2H3,(H,20,21,22)/p+1/t10-,11+,12+/m1/s1. The van der Waals surface area contributed by atoms with Crippen molar-refractivity contribution >= 4 is 21.6 Å². The third kappa shape index (κ3) is 3.03. The molecule has 1 fully saturated rings. The summed E-state index contributed by atoms with van der Waals surface area (Å²) in [5.41, 5.74) is 1.30. The van der Waals surface area contributed by atoms with Crippen LogP contribution >= 0.6 is 11.3 Å². The van der Waals surface area contributed by atoms with E-state index in [1.165, 1.54) is 16.9 Å². The molecule has 3 heterocycles. The number of aromatic amines is 1. The first-order valence-corrected chi connectivity index (χ1v) is 9.93. The number of hydrogen-bond acceptors (Lipinski definition) is 4. The molecule has 4 rings (SSSR count). The van der Waals surface area contributed by atoms with Crippen LogP contribution in [0.5, 0.6) is 0 Å². The van der Waals surface area contributed by atoms with Crippen LogP contribution in [-0.4, -0.2) is 29.2 Å². The molecule has 5 nitrogen and oxygen atoms in total. The van der Waals surface area contributed by atoms with Crippen molar-refractivity contribution in [2.75, 3.05) is 13.2 Å². The molecule has 6 heteroatoms. The number of hydrogen-bond donors (Lipinski definition) is 2. The number of fused-ring (bicyclic) bond motifs is 3. The summed E-state index contributed by atoms with van der Waals surface area (Å²) in [6, 6.07) is 0.143. The Morgan fingerprint density at radius 2 is 2.33 bits per heavy atom. The zero-order chi connectivity index (χ0) is 16.7. The van der Waals surface area contributed by atoms with Gasteiger partial charge in [0, 0.05) is 11.5 Å². The van der Waals surface area contributed by atoms with Crippen LogP contribution in [0, 0.1) is 5.92 Å². The van der Waals surface area contributed by atoms with Crippen LogP contribution < -0.4 is 10.9 Å². The predicted octanol–water partition coefficient (Wildman–Crippen LogP) is 1.91. The number of nitrogens with one attached hydrogen (secondary N) is 1. The molecule has 130 valence electrons. The molecule has 1 aliphatic heterocycles. The molecular formula is C18H26N3O2S+. The largest absolute Gasteiger partial charge is 0.372 e. The highest BCUT2D eigenvalue weighted by Gasteiger charge is 2.25. The minimum Gasteiger partial charge on any atom is -0.372 e. The topological polar surface area (TPSA) is 71.6 Å². The first kappa shape index (κ1) is 16.2. The second-order valence-electron chi connectivity index (χ2n) is 7.38. The third-order valence-electron chi connectivity index (χ3n) is 5.39. The molecule has 3 atom stereocenters. The number of nitrogens with two attached hydrogens (primary N) is 1. The summed E-state index contributed by atoms with van der Waals surface area (Å²) in [6.07, 6.45) is 5.92. The zero-order valence-corrected chi connectivity index (χ0v) is 15.2. The van der Waals surface area contributed by atoms with E-state index < -0.39 is 0 Å². The van der Waals surface area contributed by atoms with Crippen LogP contribution in [0.3, 0.4) is 0 Å². The van der Waals surface area contributed by atoms with E-state index in [0.717, 1.165) is 54.9 Å². The van der Waals surface area contributed by atoms with E-state index in [4.69, 9.17) is 9.72 Å². The van der Waals surface area contributed by atoms with Crippen LogP contribution in [-0.2, 0) is 17.6 Å². The molecule has 0 saturated carbocycles. The second kappa shape index (κ2) is 6.58. The highest BCUT2D eigenvalue weighted by atomic mass is 32.1. The quantitative estimate of drug-likeness (QED) is 0.887. The van der Waals surface area contributed by atoms with Crippen molar-refractivity contribution in [1.82, 2.24) is 9.97 Å². The predicted molar refractivity (Wildman–Crippen MR) is 95.6 cm³/mol. The fourth-order valence-corrected chi connectivity index (χ4v) is 5.27. The lowest BCUT2D eigenvalue weighted by atomic mass is 9.89. The lowest BCUT2D eigenvalue weighted by Gasteiger charge is -2.17.